The monoisotopic (exact) mass is 239 g/mol. The Hall–Kier alpha value is -1.60. The fourth-order valence-corrected chi connectivity index (χ4v) is 2.42. The van der Waals surface area contributed by atoms with Gasteiger partial charge in [-0.15, -0.1) is 0 Å². The second-order valence-electron chi connectivity index (χ2n) is 4.98. The van der Waals surface area contributed by atoms with Gasteiger partial charge in [0.05, 0.1) is 0 Å². The lowest BCUT2D eigenvalue weighted by Gasteiger charge is -2.18. The molecule has 1 nitrogen and oxygen atoms in total. The Bertz CT molecular complexity index is 502. The first-order valence-corrected chi connectivity index (χ1v) is 6.52. The van der Waals surface area contributed by atoms with Crippen LogP contribution in [0.2, 0.25) is 0 Å². The first-order valence-electron chi connectivity index (χ1n) is 6.52. The average molecular weight is 239 g/mol. The molecule has 94 valence electrons. The Labute approximate surface area is 110 Å². The van der Waals surface area contributed by atoms with E-state index < -0.39 is 0 Å². The van der Waals surface area contributed by atoms with E-state index in [1.54, 1.807) is 0 Å². The third-order valence-electron chi connectivity index (χ3n) is 3.48. The summed E-state index contributed by atoms with van der Waals surface area (Å²) in [6.45, 7) is 5.00. The molecule has 0 radical (unpaired) electrons. The Morgan fingerprint density at radius 3 is 2.39 bits per heavy atom. The summed E-state index contributed by atoms with van der Waals surface area (Å²) in [4.78, 5) is 0. The van der Waals surface area contributed by atoms with E-state index in [-0.39, 0.29) is 0 Å². The molecule has 0 spiro atoms. The van der Waals surface area contributed by atoms with Gasteiger partial charge in [-0.05, 0) is 43.5 Å². The Morgan fingerprint density at radius 2 is 1.72 bits per heavy atom. The second kappa shape index (κ2) is 5.83. The van der Waals surface area contributed by atoms with Gasteiger partial charge in [0, 0.05) is 5.92 Å². The number of aryl methyl sites for hydroxylation is 2. The predicted octanol–water partition coefficient (Wildman–Crippen LogP) is 3.59. The number of nitrogens with two attached hydrogens (primary N) is 1. The van der Waals surface area contributed by atoms with E-state index in [9.17, 15) is 0 Å². The molecule has 18 heavy (non-hydrogen) atoms. The molecule has 0 saturated heterocycles. The van der Waals surface area contributed by atoms with Crippen LogP contribution in [0, 0.1) is 13.8 Å². The summed E-state index contributed by atoms with van der Waals surface area (Å²) in [5, 5.41) is 0. The zero-order valence-electron chi connectivity index (χ0n) is 11.2. The second-order valence-corrected chi connectivity index (χ2v) is 4.98. The number of hydrogen-bond acceptors (Lipinski definition) is 1. The molecule has 0 heterocycles. The van der Waals surface area contributed by atoms with Crippen molar-refractivity contribution in [3.05, 3.63) is 70.8 Å². The summed E-state index contributed by atoms with van der Waals surface area (Å²) in [5.41, 5.74) is 11.4. The molecule has 2 N–H and O–H groups in total. The van der Waals surface area contributed by atoms with Gasteiger partial charge in [-0.1, -0.05) is 54.1 Å². The van der Waals surface area contributed by atoms with Gasteiger partial charge < -0.3 is 5.73 Å². The Morgan fingerprint density at radius 1 is 1.00 bits per heavy atom. The fourth-order valence-electron chi connectivity index (χ4n) is 2.42. The van der Waals surface area contributed by atoms with E-state index in [2.05, 4.69) is 62.4 Å². The molecule has 0 bridgehead atoms. The molecule has 0 aliphatic carbocycles. The van der Waals surface area contributed by atoms with Gasteiger partial charge in [0.2, 0.25) is 0 Å². The van der Waals surface area contributed by atoms with Crippen molar-refractivity contribution < 1.29 is 0 Å². The fraction of sp³-hybridized carbons (Fsp3) is 0.294. The molecule has 1 atom stereocenters. The van der Waals surface area contributed by atoms with Crippen LogP contribution < -0.4 is 5.73 Å². The van der Waals surface area contributed by atoms with E-state index in [4.69, 9.17) is 5.73 Å². The van der Waals surface area contributed by atoms with Crippen LogP contribution in [-0.2, 0) is 6.42 Å². The zero-order chi connectivity index (χ0) is 13.0. The topological polar surface area (TPSA) is 26.0 Å². The number of rotatable bonds is 4. The Kier molecular flexibility index (Phi) is 4.16. The molecule has 2 aromatic carbocycles. The van der Waals surface area contributed by atoms with Crippen molar-refractivity contribution in [2.45, 2.75) is 26.2 Å². The SMILES string of the molecule is Cc1ccc(C)c(C(CN)Cc2ccccc2)c1. The van der Waals surface area contributed by atoms with Crippen LogP contribution in [0.15, 0.2) is 48.5 Å². The smallest absolute Gasteiger partial charge is 0.000429 e. The summed E-state index contributed by atoms with van der Waals surface area (Å²) in [6.07, 6.45) is 1.02. The highest BCUT2D eigenvalue weighted by atomic mass is 14.5. The van der Waals surface area contributed by atoms with Crippen molar-refractivity contribution in [3.63, 3.8) is 0 Å². The van der Waals surface area contributed by atoms with Gasteiger partial charge in [-0.2, -0.15) is 0 Å². The highest BCUT2D eigenvalue weighted by Crippen LogP contribution is 2.24. The quantitative estimate of drug-likeness (QED) is 0.867. The maximum atomic E-state index is 5.97. The number of hydrogen-bond donors (Lipinski definition) is 1. The normalized spacial score (nSPS) is 12.4. The first-order chi connectivity index (χ1) is 8.70. The minimum atomic E-state index is 0.410. The minimum Gasteiger partial charge on any atom is -0.330 e. The molecular weight excluding hydrogens is 218 g/mol. The van der Waals surface area contributed by atoms with Gasteiger partial charge in [0.1, 0.15) is 0 Å². The van der Waals surface area contributed by atoms with E-state index in [0.29, 0.717) is 12.5 Å². The van der Waals surface area contributed by atoms with Crippen molar-refractivity contribution in [1.29, 1.82) is 0 Å². The molecule has 2 aromatic rings. The molecule has 0 aromatic heterocycles. The third-order valence-corrected chi connectivity index (χ3v) is 3.48. The molecule has 0 saturated carbocycles. The van der Waals surface area contributed by atoms with E-state index >= 15 is 0 Å². The number of benzene rings is 2. The largest absolute Gasteiger partial charge is 0.330 e. The maximum absolute atomic E-state index is 5.97. The van der Waals surface area contributed by atoms with Gasteiger partial charge in [-0.3, -0.25) is 0 Å². The molecular formula is C17H21N. The van der Waals surface area contributed by atoms with Gasteiger partial charge in [0.15, 0.2) is 0 Å². The highest BCUT2D eigenvalue weighted by Gasteiger charge is 2.13. The molecule has 0 aliphatic rings. The highest BCUT2D eigenvalue weighted by molar-refractivity contribution is 5.35. The van der Waals surface area contributed by atoms with Crippen LogP contribution in [0.3, 0.4) is 0 Å². The van der Waals surface area contributed by atoms with Gasteiger partial charge in [0.25, 0.3) is 0 Å². The summed E-state index contributed by atoms with van der Waals surface area (Å²) >= 11 is 0. The van der Waals surface area contributed by atoms with Crippen LogP contribution in [0.1, 0.15) is 28.2 Å². The van der Waals surface area contributed by atoms with E-state index in [1.807, 2.05) is 0 Å². The summed E-state index contributed by atoms with van der Waals surface area (Å²) in [7, 11) is 0. The minimum absolute atomic E-state index is 0.410. The summed E-state index contributed by atoms with van der Waals surface area (Å²) in [5.74, 6) is 0.410. The van der Waals surface area contributed by atoms with Crippen LogP contribution in [0.4, 0.5) is 0 Å². The van der Waals surface area contributed by atoms with E-state index in [1.165, 1.54) is 22.3 Å². The van der Waals surface area contributed by atoms with Crippen molar-refractivity contribution in [2.75, 3.05) is 6.54 Å². The average Bonchev–Trinajstić information content (AvgIpc) is 2.40. The van der Waals surface area contributed by atoms with Crippen molar-refractivity contribution in [3.8, 4) is 0 Å². The molecule has 0 amide bonds. The van der Waals surface area contributed by atoms with Crippen molar-refractivity contribution in [2.24, 2.45) is 5.73 Å². The van der Waals surface area contributed by atoms with Crippen molar-refractivity contribution in [1.82, 2.24) is 0 Å². The zero-order valence-corrected chi connectivity index (χ0v) is 11.2. The van der Waals surface area contributed by atoms with Crippen LogP contribution >= 0.6 is 0 Å². The lowest BCUT2D eigenvalue weighted by Crippen LogP contribution is -2.16. The molecule has 0 aliphatic heterocycles. The first kappa shape index (κ1) is 12.8. The third kappa shape index (κ3) is 2.99. The van der Waals surface area contributed by atoms with Crippen LogP contribution in [0.25, 0.3) is 0 Å². The van der Waals surface area contributed by atoms with Gasteiger partial charge >= 0.3 is 0 Å². The summed E-state index contributed by atoms with van der Waals surface area (Å²) in [6, 6.07) is 17.2. The predicted molar refractivity (Wildman–Crippen MR) is 77.9 cm³/mol. The lowest BCUT2D eigenvalue weighted by atomic mass is 9.88. The van der Waals surface area contributed by atoms with Crippen LogP contribution in [-0.4, -0.2) is 6.54 Å². The molecule has 2 rings (SSSR count). The van der Waals surface area contributed by atoms with Crippen LogP contribution in [0.5, 0.6) is 0 Å². The maximum Gasteiger partial charge on any atom is 0.000429 e. The Balaban J connectivity index is 2.26. The molecule has 1 unspecified atom stereocenters. The standard InChI is InChI=1S/C17H21N/c1-13-8-9-14(2)17(10-13)16(12-18)11-15-6-4-3-5-7-15/h3-10,16H,11-12,18H2,1-2H3. The lowest BCUT2D eigenvalue weighted by molar-refractivity contribution is 0.689. The van der Waals surface area contributed by atoms with E-state index in [0.717, 1.165) is 6.42 Å². The molecule has 0 fully saturated rings. The summed E-state index contributed by atoms with van der Waals surface area (Å²) < 4.78 is 0. The van der Waals surface area contributed by atoms with Crippen molar-refractivity contribution >= 4 is 0 Å². The van der Waals surface area contributed by atoms with Gasteiger partial charge in [-0.25, -0.2) is 0 Å². The molecule has 1 heteroatoms.